The van der Waals surface area contributed by atoms with Gasteiger partial charge in [0.25, 0.3) is 0 Å². The Kier molecular flexibility index (Phi) is 6.34. The van der Waals surface area contributed by atoms with Gasteiger partial charge in [0.1, 0.15) is 36.5 Å². The van der Waals surface area contributed by atoms with Gasteiger partial charge in [-0.25, -0.2) is 0 Å². The van der Waals surface area contributed by atoms with Crippen molar-refractivity contribution >= 4 is 35.2 Å². The first kappa shape index (κ1) is 26.6. The molecule has 1 aromatic heterocycles. The van der Waals surface area contributed by atoms with Crippen molar-refractivity contribution in [1.82, 2.24) is 0 Å². The number of nitrogens with two attached hydrogens (primary N) is 1. The van der Waals surface area contributed by atoms with Gasteiger partial charge < -0.3 is 35.2 Å². The number of benzene rings is 1. The number of nitrogens with zero attached hydrogens (tertiary/aromatic N) is 2. The van der Waals surface area contributed by atoms with Gasteiger partial charge in [0, 0.05) is 25.7 Å². The zero-order chi connectivity index (χ0) is 28.4. The minimum absolute atomic E-state index is 0.0854. The molecule has 3 aliphatic carbocycles. The lowest BCUT2D eigenvalue weighted by atomic mass is 9.53. The zero-order valence-electron chi connectivity index (χ0n) is 21.6. The lowest BCUT2D eigenvalue weighted by Crippen LogP contribution is -2.69. The van der Waals surface area contributed by atoms with E-state index in [0.717, 1.165) is 0 Å². The number of primary amides is 1. The molecule has 3 unspecified atom stereocenters. The highest BCUT2D eigenvalue weighted by molar-refractivity contribution is 6.25. The minimum Gasteiger partial charge on any atom is -0.506 e. The van der Waals surface area contributed by atoms with Crippen molar-refractivity contribution in [2.45, 2.75) is 31.0 Å². The number of aliphatic hydroxyl groups is 2. The summed E-state index contributed by atoms with van der Waals surface area (Å²) in [6.07, 6.45) is -0.00558. The third-order valence-corrected chi connectivity index (χ3v) is 8.22. The van der Waals surface area contributed by atoms with Gasteiger partial charge in [-0.1, -0.05) is 5.16 Å². The Labute approximate surface area is 223 Å². The normalized spacial score (nSPS) is 30.1. The fourth-order valence-corrected chi connectivity index (χ4v) is 6.45. The molecule has 5 N–H and O–H groups in total. The second-order valence-electron chi connectivity index (χ2n) is 10.6. The van der Waals surface area contributed by atoms with E-state index in [9.17, 15) is 34.5 Å². The second kappa shape index (κ2) is 9.31. The maximum Gasteiger partial charge on any atom is 0.230 e. The van der Waals surface area contributed by atoms with Crippen molar-refractivity contribution in [3.63, 3.8) is 0 Å². The van der Waals surface area contributed by atoms with E-state index in [4.69, 9.17) is 10.2 Å². The Bertz CT molecular complexity index is 1430. The summed E-state index contributed by atoms with van der Waals surface area (Å²) in [6, 6.07) is 4.87. The molecule has 2 fully saturated rings. The van der Waals surface area contributed by atoms with Crippen molar-refractivity contribution in [2.75, 3.05) is 26.1 Å². The van der Waals surface area contributed by atoms with Crippen LogP contribution in [0, 0.1) is 23.7 Å². The van der Waals surface area contributed by atoms with Crippen molar-refractivity contribution < 1.29 is 43.8 Å². The number of hydrogen-bond acceptors (Lipinski definition) is 11. The number of anilines is 1. The Morgan fingerprint density at radius 1 is 1.23 bits per heavy atom. The first-order valence-corrected chi connectivity index (χ1v) is 12.5. The smallest absolute Gasteiger partial charge is 0.230 e. The van der Waals surface area contributed by atoms with E-state index in [-0.39, 0.29) is 36.1 Å². The molecule has 5 rings (SSSR count). The Hall–Kier alpha value is -4.03. The number of hydrogen-bond donors (Lipinski definition) is 4. The first-order chi connectivity index (χ1) is 18.4. The largest absolute Gasteiger partial charge is 0.506 e. The third-order valence-electron chi connectivity index (χ3n) is 8.22. The number of amides is 1. The molecule has 1 heterocycles. The summed E-state index contributed by atoms with van der Waals surface area (Å²) >= 11 is 0. The Balaban J connectivity index is 1.62. The highest BCUT2D eigenvalue weighted by Gasteiger charge is 2.66. The lowest BCUT2D eigenvalue weighted by molar-refractivity contribution is -0.180. The molecule has 0 saturated heterocycles. The topological polar surface area (TPSA) is 193 Å². The Morgan fingerprint density at radius 2 is 1.95 bits per heavy atom. The number of ketones is 3. The van der Waals surface area contributed by atoms with Crippen LogP contribution in [0.5, 0.6) is 5.75 Å². The fraction of sp³-hybridized carbons (Fsp3) is 0.444. The van der Waals surface area contributed by atoms with Gasteiger partial charge in [-0.05, 0) is 48.9 Å². The number of fused-ring (bicyclic) bond motifs is 3. The summed E-state index contributed by atoms with van der Waals surface area (Å²) in [4.78, 5) is 59.2. The molecule has 12 heteroatoms. The molecule has 1 aromatic carbocycles. The van der Waals surface area contributed by atoms with Crippen molar-refractivity contribution in [3.8, 4) is 17.1 Å². The van der Waals surface area contributed by atoms with Crippen LogP contribution in [0.4, 0.5) is 5.69 Å². The summed E-state index contributed by atoms with van der Waals surface area (Å²) in [6.45, 7) is 0. The third kappa shape index (κ3) is 3.85. The van der Waals surface area contributed by atoms with Gasteiger partial charge in [0.2, 0.25) is 5.91 Å². The van der Waals surface area contributed by atoms with Crippen molar-refractivity contribution in [3.05, 3.63) is 35.1 Å². The van der Waals surface area contributed by atoms with Crippen LogP contribution >= 0.6 is 0 Å². The molecule has 39 heavy (non-hydrogen) atoms. The average molecular weight is 540 g/mol. The zero-order valence-corrected chi connectivity index (χ0v) is 21.6. The first-order valence-electron chi connectivity index (χ1n) is 12.5. The number of aliphatic hydroxyl groups excluding tert-OH is 1. The molecular formula is C27H29N3O9. The van der Waals surface area contributed by atoms with Gasteiger partial charge in [0.05, 0.1) is 23.1 Å². The number of carbonyl (C=O) groups is 4. The summed E-state index contributed by atoms with van der Waals surface area (Å²) < 4.78 is 5.75. The van der Waals surface area contributed by atoms with E-state index in [0.29, 0.717) is 17.0 Å². The van der Waals surface area contributed by atoms with E-state index in [1.807, 2.05) is 0 Å². The van der Waals surface area contributed by atoms with Crippen molar-refractivity contribution in [2.24, 2.45) is 34.6 Å². The average Bonchev–Trinajstić information content (AvgIpc) is 3.33. The number of furan rings is 1. The number of Topliss-reactive ketones (excluding diaryl/α,β-unsaturated/α-hetero) is 3. The van der Waals surface area contributed by atoms with Crippen LogP contribution in [0.15, 0.2) is 27.8 Å². The van der Waals surface area contributed by atoms with Crippen LogP contribution in [0.1, 0.15) is 34.5 Å². The minimum atomic E-state index is -2.64. The van der Waals surface area contributed by atoms with Gasteiger partial charge in [-0.3, -0.25) is 19.2 Å². The molecule has 0 aliphatic heterocycles. The van der Waals surface area contributed by atoms with Crippen LogP contribution < -0.4 is 10.6 Å². The van der Waals surface area contributed by atoms with Crippen LogP contribution in [0.25, 0.3) is 11.3 Å². The molecule has 206 valence electrons. The van der Waals surface area contributed by atoms with Crippen LogP contribution in [0.2, 0.25) is 0 Å². The summed E-state index contributed by atoms with van der Waals surface area (Å²) in [5.41, 5.74) is 3.91. The maximum absolute atomic E-state index is 14.0. The van der Waals surface area contributed by atoms with E-state index in [2.05, 4.69) is 9.99 Å². The number of aromatic hydroxyl groups is 1. The molecule has 2 aromatic rings. The standard InChI is InChI=1S/C27H29N3O9/c1-30(2)16-9-15(18-5-4-13(39-18)10-29-38-3)22(32)20-14(16)7-11-6-12-8-17(31)21(26(28)36)25(35)27(12,37)24(34)19(11)23(20)33/h4-5,9-12,17,19,21,31-32,37H,6-8H2,1-3H3,(H2,28,36)/b29-10-/t11-,12+,17?,19?,21?,27+/m1/s1. The summed E-state index contributed by atoms with van der Waals surface area (Å²) in [5, 5.41) is 36.8. The fourth-order valence-electron chi connectivity index (χ4n) is 6.45. The van der Waals surface area contributed by atoms with Gasteiger partial charge in [-0.15, -0.1) is 0 Å². The molecule has 6 atom stereocenters. The monoisotopic (exact) mass is 539 g/mol. The Morgan fingerprint density at radius 3 is 2.59 bits per heavy atom. The molecule has 0 bridgehead atoms. The molecule has 0 spiro atoms. The SMILES string of the molecule is CO/N=C\c1ccc(-c2cc(N(C)C)c3c(c2O)C(=O)C2C(=O)[C@]4(O)C(=O)C(C(N)=O)C(O)C[C@@H]4C[C@@H]2C3)o1. The van der Waals surface area contributed by atoms with Crippen molar-refractivity contribution in [1.29, 1.82) is 0 Å². The van der Waals surface area contributed by atoms with Crippen LogP contribution in [0.3, 0.4) is 0 Å². The van der Waals surface area contributed by atoms with Crippen LogP contribution in [-0.2, 0) is 25.6 Å². The van der Waals surface area contributed by atoms with E-state index in [1.165, 1.54) is 13.3 Å². The predicted octanol–water partition coefficient (Wildman–Crippen LogP) is 0.425. The second-order valence-corrected chi connectivity index (χ2v) is 10.6. The van der Waals surface area contributed by atoms with Gasteiger partial charge >= 0.3 is 0 Å². The molecule has 1 amide bonds. The summed E-state index contributed by atoms with van der Waals surface area (Å²) in [5.74, 6) is -8.68. The number of rotatable bonds is 5. The molecular weight excluding hydrogens is 510 g/mol. The number of oxime groups is 1. The van der Waals surface area contributed by atoms with E-state index >= 15 is 0 Å². The summed E-state index contributed by atoms with van der Waals surface area (Å²) in [7, 11) is 4.92. The molecule has 12 nitrogen and oxygen atoms in total. The molecule has 2 saturated carbocycles. The van der Waals surface area contributed by atoms with Gasteiger partial charge in [0.15, 0.2) is 23.0 Å². The predicted molar refractivity (Wildman–Crippen MR) is 136 cm³/mol. The lowest BCUT2D eigenvalue weighted by Gasteiger charge is -2.50. The van der Waals surface area contributed by atoms with E-state index in [1.54, 1.807) is 37.2 Å². The number of phenols is 1. The van der Waals surface area contributed by atoms with Gasteiger partial charge in [-0.2, -0.15) is 0 Å². The quantitative estimate of drug-likeness (QED) is 0.235. The molecule has 0 radical (unpaired) electrons. The highest BCUT2D eigenvalue weighted by atomic mass is 16.6. The van der Waals surface area contributed by atoms with E-state index < -0.39 is 64.4 Å². The number of phenolic OH excluding ortho intramolecular Hbond substituents is 1. The maximum atomic E-state index is 14.0. The van der Waals surface area contributed by atoms with Crippen LogP contribution in [-0.4, -0.2) is 77.7 Å². The highest BCUT2D eigenvalue weighted by Crippen LogP contribution is 2.53. The molecule has 3 aliphatic rings. The number of carbonyl (C=O) groups excluding carboxylic acids is 4.